The Labute approximate surface area is 182 Å². The van der Waals surface area contributed by atoms with Crippen LogP contribution in [0.1, 0.15) is 35.2 Å². The third-order valence-electron chi connectivity index (χ3n) is 5.91. The second kappa shape index (κ2) is 9.00. The number of rotatable bonds is 7. The third-order valence-corrected chi connectivity index (χ3v) is 5.91. The fraction of sp³-hybridized carbons (Fsp3) is 0.478. The van der Waals surface area contributed by atoms with Gasteiger partial charge in [-0.05, 0) is 57.0 Å². The van der Waals surface area contributed by atoms with Crippen LogP contribution in [0.15, 0.2) is 18.2 Å². The van der Waals surface area contributed by atoms with Gasteiger partial charge in [0.15, 0.2) is 11.5 Å². The van der Waals surface area contributed by atoms with Crippen molar-refractivity contribution in [3.8, 4) is 17.6 Å². The second-order valence-corrected chi connectivity index (χ2v) is 8.20. The number of nitriles is 1. The minimum Gasteiger partial charge on any atom is -0.454 e. The maximum Gasteiger partial charge on any atom is 0.239 e. The average molecular weight is 425 g/mol. The van der Waals surface area contributed by atoms with Crippen LogP contribution in [0, 0.1) is 25.2 Å². The minimum absolute atomic E-state index is 0.112. The van der Waals surface area contributed by atoms with E-state index in [1.54, 1.807) is 0 Å². The van der Waals surface area contributed by atoms with Crippen LogP contribution in [0.2, 0.25) is 0 Å². The number of nitrogens with one attached hydrogen (secondary N) is 1. The molecule has 0 bridgehead atoms. The smallest absolute Gasteiger partial charge is 0.239 e. The Morgan fingerprint density at radius 3 is 2.87 bits per heavy atom. The molecule has 2 aliphatic heterocycles. The molecule has 0 radical (unpaired) electrons. The largest absolute Gasteiger partial charge is 0.454 e. The summed E-state index contributed by atoms with van der Waals surface area (Å²) in [5.41, 5.74) is 3.42. The fourth-order valence-electron chi connectivity index (χ4n) is 4.17. The summed E-state index contributed by atoms with van der Waals surface area (Å²) in [6, 6.07) is 8.04. The third kappa shape index (κ3) is 4.53. The maximum absolute atomic E-state index is 12.8. The van der Waals surface area contributed by atoms with Crippen molar-refractivity contribution >= 4 is 11.7 Å². The molecule has 0 spiro atoms. The van der Waals surface area contributed by atoms with E-state index >= 15 is 0 Å². The number of nitrogens with zero attached hydrogens (tertiary/aromatic N) is 3. The van der Waals surface area contributed by atoms with Gasteiger partial charge in [0.1, 0.15) is 11.9 Å². The predicted octanol–water partition coefficient (Wildman–Crippen LogP) is 2.95. The van der Waals surface area contributed by atoms with Crippen molar-refractivity contribution in [2.45, 2.75) is 45.9 Å². The summed E-state index contributed by atoms with van der Waals surface area (Å²) in [7, 11) is 1.89. The minimum atomic E-state index is -0.161. The standard InChI is InChI=1S/C23H28N4O4/c1-15-16(2)27(12-18-5-4-8-29-18)23(19(15)10-24)25-22(28)13-26(3)11-17-6-7-20-21(9-17)31-14-30-20/h6-7,9,18H,4-5,8,11-14H2,1-3H3,(H,25,28)/t18-/m0/s1. The van der Waals surface area contributed by atoms with Crippen molar-refractivity contribution in [2.24, 2.45) is 0 Å². The molecule has 8 heteroatoms. The van der Waals surface area contributed by atoms with E-state index in [1.165, 1.54) is 0 Å². The van der Waals surface area contributed by atoms with E-state index < -0.39 is 0 Å². The molecule has 1 aromatic heterocycles. The van der Waals surface area contributed by atoms with Crippen LogP contribution in [-0.4, -0.2) is 48.5 Å². The number of carbonyl (C=O) groups excluding carboxylic acids is 1. The summed E-state index contributed by atoms with van der Waals surface area (Å²) in [5, 5.41) is 12.7. The highest BCUT2D eigenvalue weighted by Crippen LogP contribution is 2.33. The SMILES string of the molecule is Cc1c(C#N)c(NC(=O)CN(C)Cc2ccc3c(c2)OCO3)n(C[C@@H]2CCCO2)c1C. The first-order valence-corrected chi connectivity index (χ1v) is 10.5. The Morgan fingerprint density at radius 1 is 1.32 bits per heavy atom. The van der Waals surface area contributed by atoms with Gasteiger partial charge in [0.2, 0.25) is 12.7 Å². The predicted molar refractivity (Wildman–Crippen MR) is 115 cm³/mol. The van der Waals surface area contributed by atoms with E-state index in [-0.39, 0.29) is 25.3 Å². The van der Waals surface area contributed by atoms with Gasteiger partial charge in [-0.15, -0.1) is 0 Å². The molecule has 4 rings (SSSR count). The summed E-state index contributed by atoms with van der Waals surface area (Å²) in [4.78, 5) is 14.7. The first-order valence-electron chi connectivity index (χ1n) is 10.5. The molecule has 164 valence electrons. The molecule has 8 nitrogen and oxygen atoms in total. The topological polar surface area (TPSA) is 88.8 Å². The highest BCUT2D eigenvalue weighted by Gasteiger charge is 2.24. The molecule has 1 amide bonds. The number of fused-ring (bicyclic) bond motifs is 1. The van der Waals surface area contributed by atoms with Gasteiger partial charge < -0.3 is 24.1 Å². The lowest BCUT2D eigenvalue weighted by molar-refractivity contribution is -0.117. The van der Waals surface area contributed by atoms with Crippen LogP contribution in [0.5, 0.6) is 11.5 Å². The van der Waals surface area contributed by atoms with Crippen molar-refractivity contribution in [3.05, 3.63) is 40.6 Å². The van der Waals surface area contributed by atoms with Crippen LogP contribution < -0.4 is 14.8 Å². The number of aromatic nitrogens is 1. The van der Waals surface area contributed by atoms with Crippen LogP contribution >= 0.6 is 0 Å². The number of likely N-dealkylation sites (N-methyl/N-ethyl adjacent to an activating group) is 1. The molecule has 0 aliphatic carbocycles. The molecule has 2 aliphatic rings. The van der Waals surface area contributed by atoms with E-state index in [1.807, 2.05) is 48.6 Å². The summed E-state index contributed by atoms with van der Waals surface area (Å²) in [6.07, 6.45) is 2.15. The molecule has 31 heavy (non-hydrogen) atoms. The van der Waals surface area contributed by atoms with Crippen LogP contribution in [0.4, 0.5) is 5.82 Å². The zero-order valence-electron chi connectivity index (χ0n) is 18.2. The average Bonchev–Trinajstić information content (AvgIpc) is 3.46. The molecule has 0 unspecified atom stereocenters. The number of amides is 1. The lowest BCUT2D eigenvalue weighted by Crippen LogP contribution is -2.31. The van der Waals surface area contributed by atoms with Crippen molar-refractivity contribution < 1.29 is 19.0 Å². The highest BCUT2D eigenvalue weighted by atomic mass is 16.7. The lowest BCUT2D eigenvalue weighted by Gasteiger charge is -2.19. The summed E-state index contributed by atoms with van der Waals surface area (Å²) < 4.78 is 18.6. The van der Waals surface area contributed by atoms with Gasteiger partial charge in [-0.2, -0.15) is 5.26 Å². The highest BCUT2D eigenvalue weighted by molar-refractivity contribution is 5.93. The summed E-state index contributed by atoms with van der Waals surface area (Å²) >= 11 is 0. The Bertz CT molecular complexity index is 1020. The molecule has 2 aromatic rings. The Balaban J connectivity index is 1.43. The molecule has 1 aromatic carbocycles. The van der Waals surface area contributed by atoms with E-state index in [2.05, 4.69) is 11.4 Å². The van der Waals surface area contributed by atoms with Gasteiger partial charge in [-0.1, -0.05) is 6.07 Å². The number of ether oxygens (including phenoxy) is 3. The number of anilines is 1. The van der Waals surface area contributed by atoms with Gasteiger partial charge in [0, 0.05) is 18.8 Å². The van der Waals surface area contributed by atoms with Gasteiger partial charge in [0.25, 0.3) is 0 Å². The monoisotopic (exact) mass is 424 g/mol. The van der Waals surface area contributed by atoms with Gasteiger partial charge in [-0.25, -0.2) is 0 Å². The number of benzene rings is 1. The van der Waals surface area contributed by atoms with Crippen molar-refractivity contribution in [3.63, 3.8) is 0 Å². The Hall–Kier alpha value is -3.02. The molecular weight excluding hydrogens is 396 g/mol. The van der Waals surface area contributed by atoms with Crippen molar-refractivity contribution in [1.29, 1.82) is 5.26 Å². The first kappa shape index (κ1) is 21.2. The zero-order valence-corrected chi connectivity index (χ0v) is 18.2. The second-order valence-electron chi connectivity index (χ2n) is 8.20. The van der Waals surface area contributed by atoms with Crippen molar-refractivity contribution in [1.82, 2.24) is 9.47 Å². The number of hydrogen-bond acceptors (Lipinski definition) is 6. The molecular formula is C23H28N4O4. The number of carbonyl (C=O) groups is 1. The molecule has 3 heterocycles. The summed E-state index contributed by atoms with van der Waals surface area (Å²) in [6.45, 7) is 6.32. The zero-order chi connectivity index (χ0) is 22.0. The van der Waals surface area contributed by atoms with Crippen LogP contribution in [0.25, 0.3) is 0 Å². The lowest BCUT2D eigenvalue weighted by atomic mass is 10.2. The fourth-order valence-corrected chi connectivity index (χ4v) is 4.17. The Morgan fingerprint density at radius 2 is 2.13 bits per heavy atom. The summed E-state index contributed by atoms with van der Waals surface area (Å²) in [5.74, 6) is 1.87. The molecule has 0 saturated carbocycles. The van der Waals surface area contributed by atoms with Crippen molar-refractivity contribution in [2.75, 3.05) is 32.3 Å². The Kier molecular flexibility index (Phi) is 6.16. The number of hydrogen-bond donors (Lipinski definition) is 1. The molecule has 1 atom stereocenters. The first-order chi connectivity index (χ1) is 15.0. The van der Waals surface area contributed by atoms with Gasteiger partial charge in [-0.3, -0.25) is 9.69 Å². The van der Waals surface area contributed by atoms with E-state index in [0.717, 1.165) is 47.8 Å². The van der Waals surface area contributed by atoms with Gasteiger partial charge >= 0.3 is 0 Å². The van der Waals surface area contributed by atoms with Gasteiger partial charge in [0.05, 0.1) is 24.8 Å². The quantitative estimate of drug-likeness (QED) is 0.735. The van der Waals surface area contributed by atoms with E-state index in [9.17, 15) is 10.1 Å². The van der Waals surface area contributed by atoms with E-state index in [4.69, 9.17) is 14.2 Å². The molecule has 1 saturated heterocycles. The normalized spacial score (nSPS) is 17.2. The molecule has 1 fully saturated rings. The van der Waals surface area contributed by atoms with E-state index in [0.29, 0.717) is 24.5 Å². The van der Waals surface area contributed by atoms with Crippen LogP contribution in [-0.2, 0) is 22.6 Å². The molecule has 1 N–H and O–H groups in total. The van der Waals surface area contributed by atoms with Crippen LogP contribution in [0.3, 0.4) is 0 Å². The maximum atomic E-state index is 12.8.